The fourth-order valence-corrected chi connectivity index (χ4v) is 1.02. The zero-order chi connectivity index (χ0) is 11.6. The summed E-state index contributed by atoms with van der Waals surface area (Å²) in [5.74, 6) is -0.401. The Bertz CT molecular complexity index is 416. The second-order valence-electron chi connectivity index (χ2n) is 3.08. The largest absolute Gasteiger partial charge is 0.384 e. The molecule has 0 spiro atoms. The van der Waals surface area contributed by atoms with Crippen molar-refractivity contribution in [2.45, 2.75) is 0 Å². The van der Waals surface area contributed by atoms with Crippen molar-refractivity contribution in [1.82, 2.24) is 9.88 Å². The van der Waals surface area contributed by atoms with Crippen molar-refractivity contribution in [2.75, 3.05) is 19.8 Å². The SMILES string of the molecule is CN(C)C(=O)c1cc(N)ncc1[N+](=O)[O-]. The molecule has 1 aromatic rings. The minimum Gasteiger partial charge on any atom is -0.384 e. The third-order valence-corrected chi connectivity index (χ3v) is 1.74. The number of nitrogens with zero attached hydrogens (tertiary/aromatic N) is 3. The Morgan fingerprint density at radius 2 is 2.20 bits per heavy atom. The first-order chi connectivity index (χ1) is 6.93. The number of amides is 1. The number of carbonyl (C=O) groups excluding carboxylic acids is 1. The van der Waals surface area contributed by atoms with E-state index in [0.29, 0.717) is 0 Å². The summed E-state index contributed by atoms with van der Waals surface area (Å²) < 4.78 is 0. The maximum atomic E-state index is 11.6. The molecule has 1 amide bonds. The lowest BCUT2D eigenvalue weighted by Crippen LogP contribution is -2.23. The van der Waals surface area contributed by atoms with E-state index in [1.807, 2.05) is 0 Å². The Hall–Kier alpha value is -2.18. The number of nitro groups is 1. The molecule has 1 aromatic heterocycles. The van der Waals surface area contributed by atoms with Gasteiger partial charge in [-0.3, -0.25) is 14.9 Å². The molecule has 15 heavy (non-hydrogen) atoms. The van der Waals surface area contributed by atoms with Crippen LogP contribution in [0.2, 0.25) is 0 Å². The van der Waals surface area contributed by atoms with Crippen LogP contribution >= 0.6 is 0 Å². The number of nitrogen functional groups attached to an aromatic ring is 1. The monoisotopic (exact) mass is 210 g/mol. The summed E-state index contributed by atoms with van der Waals surface area (Å²) in [4.78, 5) is 26.3. The molecule has 0 aromatic carbocycles. The third kappa shape index (κ3) is 2.19. The highest BCUT2D eigenvalue weighted by molar-refractivity contribution is 5.98. The fourth-order valence-electron chi connectivity index (χ4n) is 1.02. The van der Waals surface area contributed by atoms with E-state index in [0.717, 1.165) is 6.20 Å². The van der Waals surface area contributed by atoms with Crippen molar-refractivity contribution in [2.24, 2.45) is 0 Å². The van der Waals surface area contributed by atoms with E-state index in [9.17, 15) is 14.9 Å². The highest BCUT2D eigenvalue weighted by Gasteiger charge is 2.22. The van der Waals surface area contributed by atoms with Crippen molar-refractivity contribution in [3.05, 3.63) is 27.9 Å². The van der Waals surface area contributed by atoms with Gasteiger partial charge in [-0.15, -0.1) is 0 Å². The summed E-state index contributed by atoms with van der Waals surface area (Å²) in [5, 5.41) is 10.6. The molecule has 80 valence electrons. The zero-order valence-corrected chi connectivity index (χ0v) is 8.30. The predicted octanol–water partition coefficient (Wildman–Crippen LogP) is 0.274. The van der Waals surface area contributed by atoms with Gasteiger partial charge in [-0.25, -0.2) is 4.98 Å². The number of hydrogen-bond donors (Lipinski definition) is 1. The first-order valence-corrected chi connectivity index (χ1v) is 4.05. The quantitative estimate of drug-likeness (QED) is 0.557. The number of hydrogen-bond acceptors (Lipinski definition) is 5. The van der Waals surface area contributed by atoms with Gasteiger partial charge in [0, 0.05) is 14.1 Å². The van der Waals surface area contributed by atoms with Gasteiger partial charge >= 0.3 is 0 Å². The van der Waals surface area contributed by atoms with Crippen molar-refractivity contribution in [3.63, 3.8) is 0 Å². The molecule has 0 fully saturated rings. The molecule has 0 bridgehead atoms. The number of pyridine rings is 1. The Labute approximate surface area is 85.7 Å². The van der Waals surface area contributed by atoms with Crippen molar-refractivity contribution in [3.8, 4) is 0 Å². The minimum absolute atomic E-state index is 0.0579. The molecule has 0 aliphatic heterocycles. The normalized spacial score (nSPS) is 9.73. The van der Waals surface area contributed by atoms with Gasteiger partial charge in [-0.05, 0) is 6.07 Å². The van der Waals surface area contributed by atoms with E-state index in [4.69, 9.17) is 5.73 Å². The van der Waals surface area contributed by atoms with Gasteiger partial charge in [0.05, 0.1) is 4.92 Å². The van der Waals surface area contributed by atoms with Gasteiger partial charge in [-0.1, -0.05) is 0 Å². The topological polar surface area (TPSA) is 102 Å². The molecule has 0 unspecified atom stereocenters. The Balaban J connectivity index is 3.30. The first kappa shape index (κ1) is 10.9. The minimum atomic E-state index is -0.664. The van der Waals surface area contributed by atoms with Gasteiger partial charge in [0.15, 0.2) is 0 Å². The standard InChI is InChI=1S/C8H10N4O3/c1-11(2)8(13)5-3-7(9)10-4-6(5)12(14)15/h3-4H,1-2H3,(H2,9,10). The van der Waals surface area contributed by atoms with Crippen LogP contribution in [-0.4, -0.2) is 34.8 Å². The van der Waals surface area contributed by atoms with Crippen LogP contribution in [0.1, 0.15) is 10.4 Å². The van der Waals surface area contributed by atoms with Gasteiger partial charge in [0.25, 0.3) is 11.6 Å². The van der Waals surface area contributed by atoms with Crippen LogP contribution in [0.4, 0.5) is 11.5 Å². The van der Waals surface area contributed by atoms with Crippen LogP contribution in [0.3, 0.4) is 0 Å². The van der Waals surface area contributed by atoms with Crippen LogP contribution in [0.15, 0.2) is 12.3 Å². The Morgan fingerprint density at radius 3 is 2.67 bits per heavy atom. The summed E-state index contributed by atoms with van der Waals surface area (Å²) in [6.45, 7) is 0. The second-order valence-corrected chi connectivity index (χ2v) is 3.08. The maximum absolute atomic E-state index is 11.6. The number of anilines is 1. The maximum Gasteiger partial charge on any atom is 0.300 e. The molecule has 1 rings (SSSR count). The van der Waals surface area contributed by atoms with E-state index in [1.54, 1.807) is 0 Å². The average molecular weight is 210 g/mol. The lowest BCUT2D eigenvalue weighted by Gasteiger charge is -2.10. The third-order valence-electron chi connectivity index (χ3n) is 1.74. The fraction of sp³-hybridized carbons (Fsp3) is 0.250. The van der Waals surface area contributed by atoms with Crippen molar-refractivity contribution in [1.29, 1.82) is 0 Å². The molecule has 0 saturated carbocycles. The summed E-state index contributed by atoms with van der Waals surface area (Å²) in [6.07, 6.45) is 0.978. The molecule has 0 radical (unpaired) electrons. The molecule has 0 aliphatic rings. The highest BCUT2D eigenvalue weighted by atomic mass is 16.6. The Kier molecular flexibility index (Phi) is 2.84. The highest BCUT2D eigenvalue weighted by Crippen LogP contribution is 2.19. The Morgan fingerprint density at radius 1 is 1.60 bits per heavy atom. The molecule has 7 nitrogen and oxygen atoms in total. The lowest BCUT2D eigenvalue weighted by atomic mass is 10.2. The number of carbonyl (C=O) groups is 1. The number of nitrogens with two attached hydrogens (primary N) is 1. The molecule has 2 N–H and O–H groups in total. The van der Waals surface area contributed by atoms with E-state index in [-0.39, 0.29) is 17.1 Å². The first-order valence-electron chi connectivity index (χ1n) is 4.05. The van der Waals surface area contributed by atoms with Gasteiger partial charge in [0.1, 0.15) is 17.6 Å². The van der Waals surface area contributed by atoms with E-state index in [2.05, 4.69) is 4.98 Å². The summed E-state index contributed by atoms with van der Waals surface area (Å²) in [7, 11) is 3.01. The molecular weight excluding hydrogens is 200 g/mol. The molecule has 0 aliphatic carbocycles. The van der Waals surface area contributed by atoms with Crippen LogP contribution in [0.5, 0.6) is 0 Å². The summed E-state index contributed by atoms with van der Waals surface area (Å²) >= 11 is 0. The van der Waals surface area contributed by atoms with E-state index < -0.39 is 10.8 Å². The van der Waals surface area contributed by atoms with Crippen LogP contribution in [0.25, 0.3) is 0 Å². The van der Waals surface area contributed by atoms with Crippen molar-refractivity contribution < 1.29 is 9.72 Å². The summed E-state index contributed by atoms with van der Waals surface area (Å²) in [6, 6.07) is 1.19. The van der Waals surface area contributed by atoms with E-state index >= 15 is 0 Å². The zero-order valence-electron chi connectivity index (χ0n) is 8.30. The number of aromatic nitrogens is 1. The van der Waals surface area contributed by atoms with Gasteiger partial charge < -0.3 is 10.6 Å². The van der Waals surface area contributed by atoms with Crippen LogP contribution in [0, 0.1) is 10.1 Å². The molecular formula is C8H10N4O3. The van der Waals surface area contributed by atoms with Crippen LogP contribution < -0.4 is 5.73 Å². The predicted molar refractivity (Wildman–Crippen MR) is 53.3 cm³/mol. The molecule has 0 saturated heterocycles. The van der Waals surface area contributed by atoms with E-state index in [1.165, 1.54) is 25.1 Å². The summed E-state index contributed by atoms with van der Waals surface area (Å²) in [5.41, 5.74) is 4.96. The second kappa shape index (κ2) is 3.91. The average Bonchev–Trinajstić information content (AvgIpc) is 2.15. The molecule has 0 atom stereocenters. The lowest BCUT2D eigenvalue weighted by molar-refractivity contribution is -0.385. The van der Waals surface area contributed by atoms with Gasteiger partial charge in [0.2, 0.25) is 0 Å². The molecule has 1 heterocycles. The van der Waals surface area contributed by atoms with Gasteiger partial charge in [-0.2, -0.15) is 0 Å². The van der Waals surface area contributed by atoms with Crippen LogP contribution in [-0.2, 0) is 0 Å². The smallest absolute Gasteiger partial charge is 0.300 e. The van der Waals surface area contributed by atoms with Crippen molar-refractivity contribution >= 4 is 17.4 Å². The number of rotatable bonds is 2. The molecule has 7 heteroatoms.